The Morgan fingerprint density at radius 3 is 2.47 bits per heavy atom. The molecule has 0 heterocycles. The first-order valence-electron chi connectivity index (χ1n) is 5.67. The van der Waals surface area contributed by atoms with Gasteiger partial charge in [-0.25, -0.2) is 4.79 Å². The van der Waals surface area contributed by atoms with Gasteiger partial charge in [0, 0.05) is 22.8 Å². The molecule has 98 valence electrons. The van der Waals surface area contributed by atoms with Gasteiger partial charge in [-0.1, -0.05) is 41.9 Å². The van der Waals surface area contributed by atoms with Crippen LogP contribution in [0.1, 0.15) is 5.56 Å². The molecule has 0 radical (unpaired) electrons. The number of benzene rings is 2. The molecule has 0 unspecified atom stereocenters. The number of nitrogen functional groups attached to an aromatic ring is 1. The van der Waals surface area contributed by atoms with Crippen LogP contribution in [0.25, 0.3) is 11.1 Å². The van der Waals surface area contributed by atoms with E-state index >= 15 is 0 Å². The van der Waals surface area contributed by atoms with E-state index in [-0.39, 0.29) is 6.54 Å². The zero-order chi connectivity index (χ0) is 13.8. The van der Waals surface area contributed by atoms with Crippen LogP contribution in [0.2, 0.25) is 5.02 Å². The van der Waals surface area contributed by atoms with Crippen molar-refractivity contribution in [2.75, 3.05) is 5.73 Å². The minimum absolute atomic E-state index is 0.283. The summed E-state index contributed by atoms with van der Waals surface area (Å²) in [7, 11) is 0. The summed E-state index contributed by atoms with van der Waals surface area (Å²) in [5.41, 5.74) is 9.29. The van der Waals surface area contributed by atoms with Gasteiger partial charge in [0.05, 0.1) is 0 Å². The maximum Gasteiger partial charge on any atom is 0.404 e. The number of carboxylic acid groups (broad SMARTS) is 1. The summed E-state index contributed by atoms with van der Waals surface area (Å²) >= 11 is 5.86. The second-order valence-electron chi connectivity index (χ2n) is 4.09. The van der Waals surface area contributed by atoms with E-state index in [4.69, 9.17) is 22.4 Å². The molecular weight excluding hydrogens is 264 g/mol. The summed E-state index contributed by atoms with van der Waals surface area (Å²) in [4.78, 5) is 10.4. The minimum atomic E-state index is -1.04. The minimum Gasteiger partial charge on any atom is -0.465 e. The number of anilines is 1. The molecular formula is C14H13ClN2O2. The van der Waals surface area contributed by atoms with Crippen molar-refractivity contribution in [3.05, 3.63) is 53.1 Å². The summed E-state index contributed by atoms with van der Waals surface area (Å²) in [6.07, 6.45) is -1.04. The molecule has 1 amide bonds. The summed E-state index contributed by atoms with van der Waals surface area (Å²) in [6, 6.07) is 12.9. The largest absolute Gasteiger partial charge is 0.465 e. The Morgan fingerprint density at radius 1 is 1.21 bits per heavy atom. The van der Waals surface area contributed by atoms with Crippen LogP contribution in [0.3, 0.4) is 0 Å². The van der Waals surface area contributed by atoms with Gasteiger partial charge in [-0.15, -0.1) is 0 Å². The fourth-order valence-corrected chi connectivity index (χ4v) is 1.96. The van der Waals surface area contributed by atoms with Crippen molar-refractivity contribution in [2.45, 2.75) is 6.54 Å². The molecule has 19 heavy (non-hydrogen) atoms. The highest BCUT2D eigenvalue weighted by atomic mass is 35.5. The molecule has 4 nitrogen and oxygen atoms in total. The second-order valence-corrected chi connectivity index (χ2v) is 4.52. The van der Waals surface area contributed by atoms with E-state index in [2.05, 4.69) is 5.32 Å². The predicted octanol–water partition coefficient (Wildman–Crippen LogP) is 3.36. The van der Waals surface area contributed by atoms with Crippen LogP contribution in [0.4, 0.5) is 10.5 Å². The van der Waals surface area contributed by atoms with Gasteiger partial charge in [0.25, 0.3) is 0 Å². The fraction of sp³-hybridized carbons (Fsp3) is 0.0714. The number of nitrogens with two attached hydrogens (primary N) is 1. The highest BCUT2D eigenvalue weighted by Crippen LogP contribution is 2.28. The number of amides is 1. The van der Waals surface area contributed by atoms with E-state index in [1.165, 1.54) is 0 Å². The first kappa shape index (κ1) is 13.2. The molecule has 0 spiro atoms. The number of hydrogen-bond donors (Lipinski definition) is 3. The normalized spacial score (nSPS) is 10.2. The van der Waals surface area contributed by atoms with Gasteiger partial charge < -0.3 is 16.2 Å². The van der Waals surface area contributed by atoms with Gasteiger partial charge >= 0.3 is 6.09 Å². The molecule has 0 aromatic heterocycles. The van der Waals surface area contributed by atoms with Crippen molar-refractivity contribution in [3.8, 4) is 11.1 Å². The first-order valence-corrected chi connectivity index (χ1v) is 6.05. The van der Waals surface area contributed by atoms with E-state index in [0.717, 1.165) is 16.7 Å². The summed E-state index contributed by atoms with van der Waals surface area (Å²) in [5.74, 6) is 0. The van der Waals surface area contributed by atoms with Crippen LogP contribution >= 0.6 is 11.6 Å². The Labute approximate surface area is 115 Å². The van der Waals surface area contributed by atoms with Gasteiger partial charge in [-0.2, -0.15) is 0 Å². The zero-order valence-electron chi connectivity index (χ0n) is 10.1. The summed E-state index contributed by atoms with van der Waals surface area (Å²) in [5, 5.41) is 11.4. The quantitative estimate of drug-likeness (QED) is 0.753. The van der Waals surface area contributed by atoms with Crippen molar-refractivity contribution in [2.24, 2.45) is 0 Å². The molecule has 0 fully saturated rings. The number of rotatable bonds is 3. The van der Waals surface area contributed by atoms with Gasteiger partial charge in [0.15, 0.2) is 0 Å². The van der Waals surface area contributed by atoms with Crippen LogP contribution in [0.15, 0.2) is 42.5 Å². The molecule has 0 bridgehead atoms. The molecule has 0 aliphatic carbocycles. The van der Waals surface area contributed by atoms with Crippen molar-refractivity contribution >= 4 is 23.4 Å². The predicted molar refractivity (Wildman–Crippen MR) is 76.2 cm³/mol. The highest BCUT2D eigenvalue weighted by Gasteiger charge is 2.04. The third kappa shape index (κ3) is 3.39. The molecule has 0 saturated heterocycles. The van der Waals surface area contributed by atoms with Gasteiger partial charge in [0.1, 0.15) is 0 Å². The highest BCUT2D eigenvalue weighted by molar-refractivity contribution is 6.31. The molecule has 2 aromatic carbocycles. The van der Waals surface area contributed by atoms with Crippen molar-refractivity contribution < 1.29 is 9.90 Å². The van der Waals surface area contributed by atoms with E-state index in [1.807, 2.05) is 30.3 Å². The topological polar surface area (TPSA) is 75.3 Å². The number of hydrogen-bond acceptors (Lipinski definition) is 2. The lowest BCUT2D eigenvalue weighted by Crippen LogP contribution is -2.19. The molecule has 2 aromatic rings. The van der Waals surface area contributed by atoms with Gasteiger partial charge in [0.2, 0.25) is 0 Å². The Hall–Kier alpha value is -2.20. The van der Waals surface area contributed by atoms with E-state index in [1.54, 1.807) is 12.1 Å². The second kappa shape index (κ2) is 5.63. The van der Waals surface area contributed by atoms with Crippen molar-refractivity contribution in [1.82, 2.24) is 5.32 Å². The van der Waals surface area contributed by atoms with Crippen molar-refractivity contribution in [1.29, 1.82) is 0 Å². The smallest absolute Gasteiger partial charge is 0.404 e. The lowest BCUT2D eigenvalue weighted by Gasteiger charge is -2.07. The van der Waals surface area contributed by atoms with Crippen LogP contribution in [-0.2, 0) is 6.54 Å². The standard InChI is InChI=1S/C14H13ClN2O2/c15-11-5-6-12(13(16)7-11)10-3-1-9(2-4-10)8-17-14(18)19/h1-7,17H,8,16H2,(H,18,19). The molecule has 2 rings (SSSR count). The molecule has 5 heteroatoms. The Kier molecular flexibility index (Phi) is 3.92. The number of halogens is 1. The third-order valence-corrected chi connectivity index (χ3v) is 2.96. The number of nitrogens with one attached hydrogen (secondary N) is 1. The van der Waals surface area contributed by atoms with Crippen LogP contribution < -0.4 is 11.1 Å². The molecule has 0 atom stereocenters. The maximum atomic E-state index is 10.4. The maximum absolute atomic E-state index is 10.4. The summed E-state index contributed by atoms with van der Waals surface area (Å²) < 4.78 is 0. The van der Waals surface area contributed by atoms with Crippen LogP contribution in [0, 0.1) is 0 Å². The number of carbonyl (C=O) groups is 1. The average molecular weight is 277 g/mol. The van der Waals surface area contributed by atoms with Gasteiger partial charge in [-0.05, 0) is 23.3 Å². The molecule has 4 N–H and O–H groups in total. The zero-order valence-corrected chi connectivity index (χ0v) is 10.8. The average Bonchev–Trinajstić information content (AvgIpc) is 2.37. The van der Waals surface area contributed by atoms with E-state index < -0.39 is 6.09 Å². The fourth-order valence-electron chi connectivity index (χ4n) is 1.78. The van der Waals surface area contributed by atoms with Crippen molar-refractivity contribution in [3.63, 3.8) is 0 Å². The molecule has 0 aliphatic heterocycles. The van der Waals surface area contributed by atoms with Crippen LogP contribution in [0.5, 0.6) is 0 Å². The monoisotopic (exact) mass is 276 g/mol. The lowest BCUT2D eigenvalue weighted by molar-refractivity contribution is 0.194. The SMILES string of the molecule is Nc1cc(Cl)ccc1-c1ccc(CNC(=O)O)cc1. The molecule has 0 saturated carbocycles. The first-order chi connectivity index (χ1) is 9.06. The Morgan fingerprint density at radius 2 is 1.89 bits per heavy atom. The third-order valence-electron chi connectivity index (χ3n) is 2.72. The Balaban J connectivity index is 2.20. The molecule has 0 aliphatic rings. The van der Waals surface area contributed by atoms with E-state index in [0.29, 0.717) is 10.7 Å². The van der Waals surface area contributed by atoms with E-state index in [9.17, 15) is 4.79 Å². The van der Waals surface area contributed by atoms with Gasteiger partial charge in [-0.3, -0.25) is 0 Å². The summed E-state index contributed by atoms with van der Waals surface area (Å²) in [6.45, 7) is 0.283. The lowest BCUT2D eigenvalue weighted by atomic mass is 10.0. The Bertz CT molecular complexity index is 597. The van der Waals surface area contributed by atoms with Crippen LogP contribution in [-0.4, -0.2) is 11.2 Å².